The maximum atomic E-state index is 5.89. The SMILES string of the molecule is [B][C@@H]1O[C@@]2(CC)CCC3(C)OC1C32. The van der Waals surface area contributed by atoms with Crippen LogP contribution in [0.3, 0.4) is 0 Å². The molecule has 2 saturated heterocycles. The molecule has 0 N–H and O–H groups in total. The number of rotatable bonds is 1. The van der Waals surface area contributed by atoms with E-state index in [1.807, 2.05) is 0 Å². The lowest BCUT2D eigenvalue weighted by molar-refractivity contribution is -0.229. The van der Waals surface area contributed by atoms with Crippen LogP contribution in [0.1, 0.15) is 33.1 Å². The van der Waals surface area contributed by atoms with Crippen LogP contribution in [-0.2, 0) is 9.47 Å². The van der Waals surface area contributed by atoms with Crippen molar-refractivity contribution in [2.45, 2.75) is 56.4 Å². The first-order valence-corrected chi connectivity index (χ1v) is 5.22. The Kier molecular flexibility index (Phi) is 1.37. The summed E-state index contributed by atoms with van der Waals surface area (Å²) >= 11 is 0. The van der Waals surface area contributed by atoms with Crippen molar-refractivity contribution in [1.82, 2.24) is 0 Å². The summed E-state index contributed by atoms with van der Waals surface area (Å²) in [6.07, 6.45) is 3.50. The van der Waals surface area contributed by atoms with E-state index in [-0.39, 0.29) is 23.3 Å². The summed E-state index contributed by atoms with van der Waals surface area (Å²) in [5.41, 5.74) is 0.131. The average molecular weight is 178 g/mol. The van der Waals surface area contributed by atoms with Gasteiger partial charge >= 0.3 is 0 Å². The van der Waals surface area contributed by atoms with Crippen LogP contribution in [0.15, 0.2) is 0 Å². The van der Waals surface area contributed by atoms with E-state index in [4.69, 9.17) is 17.3 Å². The smallest absolute Gasteiger partial charge is 0.112 e. The Labute approximate surface area is 80.4 Å². The Bertz CT molecular complexity index is 257. The minimum Gasteiger partial charge on any atom is -0.378 e. The molecule has 3 heteroatoms. The molecule has 0 amide bonds. The highest BCUT2D eigenvalue weighted by Gasteiger charge is 2.71. The third kappa shape index (κ3) is 0.747. The summed E-state index contributed by atoms with van der Waals surface area (Å²) in [6.45, 7) is 4.39. The summed E-state index contributed by atoms with van der Waals surface area (Å²) < 4.78 is 11.7. The number of ether oxygens (including phenoxy) is 2. The van der Waals surface area contributed by atoms with E-state index in [0.717, 1.165) is 19.3 Å². The predicted molar refractivity (Wildman–Crippen MR) is 49.7 cm³/mol. The third-order valence-electron chi connectivity index (χ3n) is 4.30. The zero-order valence-electron chi connectivity index (χ0n) is 8.25. The van der Waals surface area contributed by atoms with Gasteiger partial charge in [-0.05, 0) is 26.2 Å². The van der Waals surface area contributed by atoms with E-state index in [1.165, 1.54) is 0 Å². The van der Waals surface area contributed by atoms with Gasteiger partial charge in [-0.3, -0.25) is 0 Å². The van der Waals surface area contributed by atoms with Gasteiger partial charge in [-0.15, -0.1) is 0 Å². The Morgan fingerprint density at radius 2 is 2.15 bits per heavy atom. The molecule has 3 fully saturated rings. The second-order valence-electron chi connectivity index (χ2n) is 4.87. The average Bonchev–Trinajstić information content (AvgIpc) is 2.42. The van der Waals surface area contributed by atoms with Crippen molar-refractivity contribution in [1.29, 1.82) is 0 Å². The molecule has 0 spiro atoms. The van der Waals surface area contributed by atoms with Gasteiger partial charge in [-0.1, -0.05) is 6.92 Å². The summed E-state index contributed by atoms with van der Waals surface area (Å²) in [6, 6.07) is -0.182. The Morgan fingerprint density at radius 3 is 2.77 bits per heavy atom. The van der Waals surface area contributed by atoms with Gasteiger partial charge in [0.2, 0.25) is 0 Å². The summed E-state index contributed by atoms with van der Waals surface area (Å²) in [7, 11) is 5.88. The molecule has 0 bridgehead atoms. The fraction of sp³-hybridized carbons (Fsp3) is 1.00. The van der Waals surface area contributed by atoms with Crippen LogP contribution in [-0.4, -0.2) is 31.2 Å². The Morgan fingerprint density at radius 1 is 1.38 bits per heavy atom. The van der Waals surface area contributed by atoms with E-state index in [9.17, 15) is 0 Å². The normalized spacial score (nSPS) is 63.4. The standard InChI is InChI=1S/C10H15BO2/c1-3-10-5-4-9(2)7(10)6(12-9)8(11)13-10/h6-8H,3-5H2,1-2H3/t6?,7?,8-,9?,10+/m1/s1. The van der Waals surface area contributed by atoms with Gasteiger partial charge in [0.15, 0.2) is 0 Å². The van der Waals surface area contributed by atoms with Gasteiger partial charge in [0.25, 0.3) is 0 Å². The van der Waals surface area contributed by atoms with Crippen LogP contribution < -0.4 is 0 Å². The molecule has 2 aliphatic heterocycles. The number of hydrogen-bond acceptors (Lipinski definition) is 2. The van der Waals surface area contributed by atoms with Gasteiger partial charge < -0.3 is 9.47 Å². The molecule has 5 atom stereocenters. The molecule has 3 rings (SSSR count). The van der Waals surface area contributed by atoms with Crippen LogP contribution in [0.4, 0.5) is 0 Å². The molecule has 0 aromatic heterocycles. The largest absolute Gasteiger partial charge is 0.378 e. The van der Waals surface area contributed by atoms with E-state index in [0.29, 0.717) is 5.92 Å². The molecular weight excluding hydrogens is 163 g/mol. The zero-order valence-corrected chi connectivity index (χ0v) is 8.25. The highest BCUT2D eigenvalue weighted by atomic mass is 16.6. The molecule has 70 valence electrons. The minimum absolute atomic E-state index is 0.0527. The van der Waals surface area contributed by atoms with E-state index in [2.05, 4.69) is 13.8 Å². The first-order valence-electron chi connectivity index (χ1n) is 5.22. The minimum atomic E-state index is -0.182. The molecule has 3 unspecified atom stereocenters. The second kappa shape index (κ2) is 2.14. The molecule has 0 aromatic rings. The first-order chi connectivity index (χ1) is 6.11. The molecule has 13 heavy (non-hydrogen) atoms. The fourth-order valence-electron chi connectivity index (χ4n) is 3.62. The van der Waals surface area contributed by atoms with Crippen molar-refractivity contribution in [3.8, 4) is 0 Å². The van der Waals surface area contributed by atoms with Crippen LogP contribution in [0.25, 0.3) is 0 Å². The molecule has 2 heterocycles. The van der Waals surface area contributed by atoms with Gasteiger partial charge in [0.05, 0.1) is 17.3 Å². The predicted octanol–water partition coefficient (Wildman–Crippen LogP) is 1.23. The molecule has 0 aromatic carbocycles. The van der Waals surface area contributed by atoms with Crippen molar-refractivity contribution in [2.75, 3.05) is 0 Å². The summed E-state index contributed by atoms with van der Waals surface area (Å²) in [5.74, 6) is 0.556. The van der Waals surface area contributed by atoms with E-state index >= 15 is 0 Å². The van der Waals surface area contributed by atoms with Crippen LogP contribution in [0.2, 0.25) is 0 Å². The van der Waals surface area contributed by atoms with Crippen LogP contribution >= 0.6 is 0 Å². The quantitative estimate of drug-likeness (QED) is 0.562. The van der Waals surface area contributed by atoms with Gasteiger partial charge in [0, 0.05) is 11.9 Å². The molecule has 1 aliphatic carbocycles. The van der Waals surface area contributed by atoms with Crippen molar-refractivity contribution in [3.05, 3.63) is 0 Å². The van der Waals surface area contributed by atoms with Gasteiger partial charge in [0.1, 0.15) is 7.85 Å². The lowest BCUT2D eigenvalue weighted by Crippen LogP contribution is -2.59. The Hall–Kier alpha value is -0.0151. The molecule has 2 nitrogen and oxygen atoms in total. The topological polar surface area (TPSA) is 18.5 Å². The van der Waals surface area contributed by atoms with E-state index in [1.54, 1.807) is 0 Å². The zero-order chi connectivity index (χ0) is 9.27. The molecule has 3 aliphatic rings. The maximum absolute atomic E-state index is 5.89. The first kappa shape index (κ1) is 8.31. The third-order valence-corrected chi connectivity index (χ3v) is 4.30. The van der Waals surface area contributed by atoms with Crippen LogP contribution in [0.5, 0.6) is 0 Å². The maximum Gasteiger partial charge on any atom is 0.112 e. The fourth-order valence-corrected chi connectivity index (χ4v) is 3.62. The lowest BCUT2D eigenvalue weighted by Gasteiger charge is -2.49. The molecule has 2 radical (unpaired) electrons. The lowest BCUT2D eigenvalue weighted by atomic mass is 9.72. The van der Waals surface area contributed by atoms with Gasteiger partial charge in [-0.2, -0.15) is 0 Å². The van der Waals surface area contributed by atoms with Crippen LogP contribution in [0, 0.1) is 5.92 Å². The van der Waals surface area contributed by atoms with Crippen molar-refractivity contribution in [2.24, 2.45) is 5.92 Å². The summed E-state index contributed by atoms with van der Waals surface area (Å²) in [5, 5.41) is 0. The Balaban J connectivity index is 1.99. The summed E-state index contributed by atoms with van der Waals surface area (Å²) in [4.78, 5) is 0. The highest BCUT2D eigenvalue weighted by molar-refractivity contribution is 6.11. The van der Waals surface area contributed by atoms with Gasteiger partial charge in [-0.25, -0.2) is 0 Å². The number of hydrogen-bond donors (Lipinski definition) is 0. The van der Waals surface area contributed by atoms with Crippen molar-refractivity contribution in [3.63, 3.8) is 0 Å². The second-order valence-corrected chi connectivity index (χ2v) is 4.87. The van der Waals surface area contributed by atoms with Crippen molar-refractivity contribution >= 4 is 7.85 Å². The van der Waals surface area contributed by atoms with E-state index < -0.39 is 0 Å². The highest BCUT2D eigenvalue weighted by Crippen LogP contribution is 2.63. The van der Waals surface area contributed by atoms with Crippen molar-refractivity contribution < 1.29 is 9.47 Å². The monoisotopic (exact) mass is 178 g/mol. The molecular formula is C10H15BO2. The molecule has 1 saturated carbocycles.